The summed E-state index contributed by atoms with van der Waals surface area (Å²) in [7, 11) is 2.07. The van der Waals surface area contributed by atoms with Crippen molar-refractivity contribution >= 4 is 99.6 Å². The summed E-state index contributed by atoms with van der Waals surface area (Å²) in [6.45, 7) is -0.0732. The van der Waals surface area contributed by atoms with Crippen LogP contribution in [0.1, 0.15) is 0 Å². The molecule has 0 unspecified atom stereocenters. The molecule has 0 saturated heterocycles. The summed E-state index contributed by atoms with van der Waals surface area (Å²) in [6, 6.07) is 39.9. The second kappa shape index (κ2) is 9.31. The molecule has 7 heteroatoms. The minimum absolute atomic E-state index is 0.0732. The van der Waals surface area contributed by atoms with E-state index in [2.05, 4.69) is 100 Å². The van der Waals surface area contributed by atoms with Gasteiger partial charge in [-0.1, -0.05) is 30.3 Å². The fraction of sp³-hybridized carbons (Fsp3) is 0.0256. The molecule has 0 atom stereocenters. The monoisotopic (exact) mass is 615 g/mol. The van der Waals surface area contributed by atoms with Crippen LogP contribution < -0.4 is 26.2 Å². The Morgan fingerprint density at radius 2 is 1.24 bits per heavy atom. The van der Waals surface area contributed by atoms with E-state index in [4.69, 9.17) is 0 Å². The van der Waals surface area contributed by atoms with Gasteiger partial charge >= 0.3 is 0 Å². The average Bonchev–Trinajstić information content (AvgIpc) is 3.64. The summed E-state index contributed by atoms with van der Waals surface area (Å²) in [4.78, 5) is 4.56. The van der Waals surface area contributed by atoms with E-state index in [9.17, 15) is 8.78 Å². The number of hydrogen-bond acceptors (Lipinski definition) is 3. The maximum atomic E-state index is 14.3. The highest BCUT2D eigenvalue weighted by molar-refractivity contribution is 7.26. The van der Waals surface area contributed by atoms with Gasteiger partial charge in [0.2, 0.25) is 0 Å². The molecule has 0 saturated carbocycles. The van der Waals surface area contributed by atoms with Gasteiger partial charge in [-0.3, -0.25) is 0 Å². The van der Waals surface area contributed by atoms with Gasteiger partial charge in [0.25, 0.3) is 6.71 Å². The first-order valence-corrected chi connectivity index (χ1v) is 16.1. The van der Waals surface area contributed by atoms with Gasteiger partial charge in [-0.2, -0.15) is 0 Å². The molecule has 10 rings (SSSR count). The SMILES string of the molecule is Cn1ccc2cc3c(cc21)N(c1ccc(F)cc1)c1cccc2c1B3c1c(ccc3sc4ccccc4c13)N2c1ccc(F)cc1. The second-order valence-corrected chi connectivity index (χ2v) is 13.2. The van der Waals surface area contributed by atoms with Crippen molar-refractivity contribution in [2.75, 3.05) is 9.80 Å². The minimum atomic E-state index is -0.269. The lowest BCUT2D eigenvalue weighted by atomic mass is 9.33. The van der Waals surface area contributed by atoms with Gasteiger partial charge in [0.1, 0.15) is 11.6 Å². The van der Waals surface area contributed by atoms with Crippen LogP contribution in [-0.4, -0.2) is 11.3 Å². The maximum Gasteiger partial charge on any atom is 0.253 e. The molecule has 2 aliphatic rings. The van der Waals surface area contributed by atoms with E-state index in [1.165, 1.54) is 66.2 Å². The van der Waals surface area contributed by atoms with Crippen LogP contribution >= 0.6 is 11.3 Å². The molecule has 2 aliphatic heterocycles. The average molecular weight is 616 g/mol. The first-order chi connectivity index (χ1) is 22.5. The molecule has 0 aliphatic carbocycles. The Hall–Kier alpha value is -5.40. The third-order valence-corrected chi connectivity index (χ3v) is 10.8. The predicted molar refractivity (Wildman–Crippen MR) is 190 cm³/mol. The van der Waals surface area contributed by atoms with Crippen LogP contribution in [0.25, 0.3) is 31.1 Å². The van der Waals surface area contributed by atoms with E-state index in [0.29, 0.717) is 0 Å². The van der Waals surface area contributed by atoms with Gasteiger partial charge in [0.05, 0.1) is 0 Å². The molecule has 8 aromatic rings. The van der Waals surface area contributed by atoms with Crippen LogP contribution in [0.15, 0.2) is 128 Å². The molecule has 2 aromatic heterocycles. The Labute approximate surface area is 268 Å². The lowest BCUT2D eigenvalue weighted by Gasteiger charge is -2.44. The van der Waals surface area contributed by atoms with Gasteiger partial charge in [-0.15, -0.1) is 11.3 Å². The van der Waals surface area contributed by atoms with Crippen LogP contribution in [0.2, 0.25) is 0 Å². The zero-order chi connectivity index (χ0) is 30.7. The lowest BCUT2D eigenvalue weighted by Crippen LogP contribution is -2.61. The third-order valence-electron chi connectivity index (χ3n) is 9.68. The number of aromatic nitrogens is 1. The summed E-state index contributed by atoms with van der Waals surface area (Å²) in [5.74, 6) is -0.536. The molecule has 0 radical (unpaired) electrons. The number of aryl methyl sites for hydroxylation is 1. The predicted octanol–water partition coefficient (Wildman–Crippen LogP) is 8.91. The van der Waals surface area contributed by atoms with E-state index in [1.807, 2.05) is 35.6 Å². The largest absolute Gasteiger partial charge is 0.350 e. The fourth-order valence-corrected chi connectivity index (χ4v) is 8.87. The third kappa shape index (κ3) is 3.46. The van der Waals surface area contributed by atoms with Crippen LogP contribution in [0.4, 0.5) is 42.9 Å². The smallest absolute Gasteiger partial charge is 0.253 e. The highest BCUT2D eigenvalue weighted by Crippen LogP contribution is 2.46. The number of benzene rings is 6. The zero-order valence-electron chi connectivity index (χ0n) is 24.7. The summed E-state index contributed by atoms with van der Waals surface area (Å²) >= 11 is 1.82. The van der Waals surface area contributed by atoms with Gasteiger partial charge in [0, 0.05) is 62.3 Å². The van der Waals surface area contributed by atoms with Crippen molar-refractivity contribution in [3.8, 4) is 0 Å². The van der Waals surface area contributed by atoms with E-state index >= 15 is 0 Å². The molecule has 0 amide bonds. The van der Waals surface area contributed by atoms with Crippen molar-refractivity contribution in [1.29, 1.82) is 0 Å². The Morgan fingerprint density at radius 1 is 0.587 bits per heavy atom. The van der Waals surface area contributed by atoms with Crippen molar-refractivity contribution in [3.05, 3.63) is 139 Å². The summed E-state index contributed by atoms with van der Waals surface area (Å²) in [5, 5.41) is 3.67. The molecule has 0 spiro atoms. The van der Waals surface area contributed by atoms with Crippen molar-refractivity contribution in [2.45, 2.75) is 0 Å². The molecular formula is C39H24BF2N3S. The maximum absolute atomic E-state index is 14.3. The van der Waals surface area contributed by atoms with E-state index in [1.54, 1.807) is 0 Å². The molecule has 4 heterocycles. The molecular weight excluding hydrogens is 591 g/mol. The van der Waals surface area contributed by atoms with Gasteiger partial charge in [0.15, 0.2) is 0 Å². The molecule has 46 heavy (non-hydrogen) atoms. The number of fused-ring (bicyclic) bond motifs is 9. The zero-order valence-corrected chi connectivity index (χ0v) is 25.5. The van der Waals surface area contributed by atoms with E-state index < -0.39 is 0 Å². The van der Waals surface area contributed by atoms with Crippen LogP contribution in [0, 0.1) is 11.6 Å². The molecule has 218 valence electrons. The van der Waals surface area contributed by atoms with E-state index in [0.717, 1.165) is 39.6 Å². The fourth-order valence-electron chi connectivity index (χ4n) is 7.75. The minimum Gasteiger partial charge on any atom is -0.350 e. The summed E-state index contributed by atoms with van der Waals surface area (Å²) in [6.07, 6.45) is 2.10. The Morgan fingerprint density at radius 3 is 1.96 bits per heavy atom. The van der Waals surface area contributed by atoms with Crippen molar-refractivity contribution in [2.24, 2.45) is 7.05 Å². The summed E-state index contributed by atoms with van der Waals surface area (Å²) in [5.41, 5.74) is 10.8. The Kier molecular flexibility index (Phi) is 5.24. The summed E-state index contributed by atoms with van der Waals surface area (Å²) < 4.78 is 33.2. The number of nitrogens with zero attached hydrogens (tertiary/aromatic N) is 3. The van der Waals surface area contributed by atoms with Crippen molar-refractivity contribution in [3.63, 3.8) is 0 Å². The number of anilines is 6. The van der Waals surface area contributed by atoms with Gasteiger partial charge < -0.3 is 14.4 Å². The molecule has 6 aromatic carbocycles. The standard InChI is InChI=1S/C39H24BF2N3S/c1-43-20-19-23-21-29-34(22-33(23)43)45(27-15-11-25(42)12-16-27)31-7-4-6-30-38(31)40(29)39-32(44(30)26-13-9-24(41)10-14-26)17-18-36-37(39)28-5-2-3-8-35(28)46-36/h2-22H,1H3. The quantitative estimate of drug-likeness (QED) is 0.180. The highest BCUT2D eigenvalue weighted by atomic mass is 32.1. The van der Waals surface area contributed by atoms with Crippen LogP contribution in [-0.2, 0) is 7.05 Å². The highest BCUT2D eigenvalue weighted by Gasteiger charge is 2.44. The topological polar surface area (TPSA) is 11.4 Å². The number of rotatable bonds is 2. The molecule has 0 fully saturated rings. The lowest BCUT2D eigenvalue weighted by molar-refractivity contribution is 0.627. The van der Waals surface area contributed by atoms with Gasteiger partial charge in [-0.05, 0) is 124 Å². The normalized spacial score (nSPS) is 13.4. The first kappa shape index (κ1) is 25.9. The van der Waals surface area contributed by atoms with Crippen molar-refractivity contribution < 1.29 is 8.78 Å². The van der Waals surface area contributed by atoms with Crippen LogP contribution in [0.5, 0.6) is 0 Å². The van der Waals surface area contributed by atoms with Crippen molar-refractivity contribution in [1.82, 2.24) is 4.57 Å². The Balaban J connectivity index is 1.38. The molecule has 3 nitrogen and oxygen atoms in total. The number of halogens is 2. The number of thiophene rings is 1. The molecule has 0 N–H and O–H groups in total. The van der Waals surface area contributed by atoms with Gasteiger partial charge in [-0.25, -0.2) is 8.78 Å². The first-order valence-electron chi connectivity index (χ1n) is 15.3. The van der Waals surface area contributed by atoms with Crippen LogP contribution in [0.3, 0.4) is 0 Å². The number of hydrogen-bond donors (Lipinski definition) is 0. The second-order valence-electron chi connectivity index (χ2n) is 12.1. The Bertz CT molecular complexity index is 2540. The molecule has 0 bridgehead atoms. The van der Waals surface area contributed by atoms with E-state index in [-0.39, 0.29) is 18.3 Å².